The maximum atomic E-state index is 5.02. The van der Waals surface area contributed by atoms with Gasteiger partial charge in [0.15, 0.2) is 0 Å². The maximum absolute atomic E-state index is 6.82. The Labute approximate surface area is 81.0 Å². The van der Waals surface area contributed by atoms with Crippen LogP contribution in [0, 0.1) is 0 Å². The van der Waals surface area contributed by atoms with Crippen molar-refractivity contribution < 1.29 is 1.33 Å². The Bertz CT molecular complexity index is 139. The molecule has 0 rings (SSSR count). The molecule has 0 N–H and O–H groups in total. The van der Waals surface area contributed by atoms with Crippen LogP contribution in [0.5, 0.6) is 0 Å². The molecule has 0 spiro atoms. The minimum absolute atomic E-state index is 5.02. The van der Waals surface area contributed by atoms with Crippen molar-refractivity contribution in [1.29, 1.82) is 0 Å². The van der Waals surface area contributed by atoms with E-state index in [0.29, 0.717) is 0 Å². The Morgan fingerprint density at radius 1 is 0.444 bits per heavy atom. The molecule has 0 aromatic rings. The zero-order chi connectivity index (χ0) is 8.35. The number of rotatable bonds is 0. The first kappa shape index (κ1) is 11.8. The van der Waals surface area contributed by atoms with Crippen molar-refractivity contribution >= 4 is 80.8 Å². The van der Waals surface area contributed by atoms with Crippen LogP contribution in [0.25, 0.3) is 0 Å². The summed E-state index contributed by atoms with van der Waals surface area (Å²) in [6.45, 7) is 0. The first-order valence-electron chi connectivity index (χ1n) is 0.912. The van der Waals surface area contributed by atoms with Gasteiger partial charge in [-0.1, -0.05) is 0 Å². The Morgan fingerprint density at radius 2 is 0.444 bits per heavy atom. The monoisotopic (exact) mass is 343 g/mol. The van der Waals surface area contributed by atoms with Crippen LogP contribution in [0.2, 0.25) is 0 Å². The molecule has 0 bridgehead atoms. The summed E-state index contributed by atoms with van der Waals surface area (Å²) in [4.78, 5) is 0. The van der Waals surface area contributed by atoms with Crippen LogP contribution >= 0.6 is 80.8 Å². The molecule has 0 aliphatic rings. The molecule has 0 aliphatic carbocycles. The first-order chi connectivity index (χ1) is 2.83. The summed E-state index contributed by atoms with van der Waals surface area (Å²) in [6.07, 6.45) is 0. The molecule has 0 amide bonds. The van der Waals surface area contributed by atoms with Gasteiger partial charge in [0.05, 0.1) is 0 Å². The van der Waals surface area contributed by atoms with Crippen molar-refractivity contribution in [3.05, 3.63) is 0 Å². The van der Waals surface area contributed by atoms with E-state index in [0.717, 1.165) is 0 Å². The van der Waals surface area contributed by atoms with Gasteiger partial charge >= 0.3 is 82.1 Å². The number of hydrogen-bond acceptors (Lipinski definition) is 0. The topological polar surface area (TPSA) is 0 Å². The summed E-state index contributed by atoms with van der Waals surface area (Å²) < 4.78 is -6.82. The molecule has 0 heterocycles. The summed E-state index contributed by atoms with van der Waals surface area (Å²) in [5.41, 5.74) is 0. The molecule has 0 unspecified atom stereocenters. The predicted octanol–water partition coefficient (Wildman–Crippen LogP) is 5.51. The fourth-order valence-electron chi connectivity index (χ4n) is 0. The van der Waals surface area contributed by atoms with E-state index in [-0.39, 0.29) is 0 Å². The van der Waals surface area contributed by atoms with E-state index in [1.54, 1.807) is 0 Å². The van der Waals surface area contributed by atoms with Gasteiger partial charge in [0.25, 0.3) is 0 Å². The molecular formula is Cl8Cu. The second-order valence-electron chi connectivity index (χ2n) is 1.21. The Balaban J connectivity index is 5.84. The van der Waals surface area contributed by atoms with Gasteiger partial charge in [0.2, 0.25) is 0 Å². The van der Waals surface area contributed by atoms with E-state index < -0.39 is 1.33 Å². The summed E-state index contributed by atoms with van der Waals surface area (Å²) in [7, 11) is 40.2. The fraction of sp³-hybridized carbons (Fsp3) is 0. The fourth-order valence-corrected chi connectivity index (χ4v) is 0. The molecular weight excluding hydrogens is 347 g/mol. The first-order valence-corrected chi connectivity index (χ1v) is 11.3. The van der Waals surface area contributed by atoms with Crippen molar-refractivity contribution in [3.63, 3.8) is 0 Å². The molecule has 0 nitrogen and oxygen atoms in total. The third-order valence-corrected chi connectivity index (χ3v) is 0. The molecule has 67 valence electrons. The van der Waals surface area contributed by atoms with Crippen molar-refractivity contribution in [3.8, 4) is 0 Å². The molecule has 0 aromatic heterocycles. The van der Waals surface area contributed by atoms with Crippen LogP contribution in [0.4, 0.5) is 0 Å². The van der Waals surface area contributed by atoms with Crippen LogP contribution in [-0.4, -0.2) is 0 Å². The zero-order valence-electron chi connectivity index (χ0n) is 3.33. The molecule has 0 fully saturated rings. The third kappa shape index (κ3) is 105. The average molecular weight is 347 g/mol. The van der Waals surface area contributed by atoms with Crippen LogP contribution in [0.15, 0.2) is 0 Å². The molecule has 9 heavy (non-hydrogen) atoms. The molecule has 0 saturated carbocycles. The summed E-state index contributed by atoms with van der Waals surface area (Å²) in [5, 5.41) is 0. The van der Waals surface area contributed by atoms with Gasteiger partial charge in [-0.15, -0.1) is 0 Å². The van der Waals surface area contributed by atoms with Gasteiger partial charge in [0.1, 0.15) is 0 Å². The Morgan fingerprint density at radius 3 is 0.444 bits per heavy atom. The third-order valence-electron chi connectivity index (χ3n) is 0. The number of halogens is 8. The molecule has 0 aromatic carbocycles. The molecule has 0 atom stereocenters. The van der Waals surface area contributed by atoms with E-state index in [1.165, 1.54) is 0 Å². The molecule has 0 saturated heterocycles. The SMILES string of the molecule is [Cl][Cu]([Cl])([Cl])([Cl])([Cl])([Cl])([Cl])[Cl]. The number of hydrogen-bond donors (Lipinski definition) is 0. The van der Waals surface area contributed by atoms with Gasteiger partial charge in [-0.25, -0.2) is 0 Å². The van der Waals surface area contributed by atoms with Crippen molar-refractivity contribution in [2.24, 2.45) is 0 Å². The van der Waals surface area contributed by atoms with Crippen molar-refractivity contribution in [2.75, 3.05) is 0 Å². The van der Waals surface area contributed by atoms with E-state index in [9.17, 15) is 0 Å². The minimum atomic E-state index is -6.82. The van der Waals surface area contributed by atoms with Gasteiger partial charge in [-0.05, 0) is 0 Å². The van der Waals surface area contributed by atoms with Crippen LogP contribution in [-0.2, 0) is 1.33 Å². The van der Waals surface area contributed by atoms with Gasteiger partial charge in [-0.2, -0.15) is 0 Å². The second kappa shape index (κ2) is 1.10. The van der Waals surface area contributed by atoms with Crippen molar-refractivity contribution in [1.82, 2.24) is 0 Å². The van der Waals surface area contributed by atoms with E-state index >= 15 is 0 Å². The van der Waals surface area contributed by atoms with E-state index in [2.05, 4.69) is 0 Å². The zero-order valence-corrected chi connectivity index (χ0v) is 10.3. The van der Waals surface area contributed by atoms with Crippen LogP contribution < -0.4 is 0 Å². The van der Waals surface area contributed by atoms with Gasteiger partial charge in [-0.3, -0.25) is 0 Å². The average Bonchev–Trinajstić information content (AvgIpc) is 0.503. The molecule has 0 aliphatic heterocycles. The van der Waals surface area contributed by atoms with Crippen molar-refractivity contribution in [2.45, 2.75) is 0 Å². The standard InChI is InChI=1S/8ClH.Cu/h8*1H;/q;;;;;;;;+8/p-8. The summed E-state index contributed by atoms with van der Waals surface area (Å²) in [6, 6.07) is 0. The summed E-state index contributed by atoms with van der Waals surface area (Å²) >= 11 is 0. The molecule has 0 radical (unpaired) electrons. The Hall–Kier alpha value is 2.84. The van der Waals surface area contributed by atoms with E-state index in [1.807, 2.05) is 0 Å². The normalized spacial score (nSPS) is 31.1. The van der Waals surface area contributed by atoms with Crippen LogP contribution in [0.1, 0.15) is 0 Å². The quantitative estimate of drug-likeness (QED) is 0.507. The predicted molar refractivity (Wildman–Crippen MR) is 46.8 cm³/mol. The van der Waals surface area contributed by atoms with Gasteiger partial charge in [0, 0.05) is 0 Å². The molecule has 9 heteroatoms. The summed E-state index contributed by atoms with van der Waals surface area (Å²) in [5.74, 6) is 0. The Kier molecular flexibility index (Phi) is 1.45. The second-order valence-corrected chi connectivity index (χ2v) is 44.8. The van der Waals surface area contributed by atoms with E-state index in [4.69, 9.17) is 80.8 Å². The van der Waals surface area contributed by atoms with Gasteiger partial charge < -0.3 is 0 Å². The van der Waals surface area contributed by atoms with Crippen LogP contribution in [0.3, 0.4) is 0 Å².